The first-order chi connectivity index (χ1) is 9.96. The third-order valence-electron chi connectivity index (χ3n) is 2.80. The Kier molecular flexibility index (Phi) is 4.49. The van der Waals surface area contributed by atoms with Crippen molar-refractivity contribution in [3.05, 3.63) is 54.1 Å². The lowest BCUT2D eigenvalue weighted by molar-refractivity contribution is 0.131. The second-order valence-corrected chi connectivity index (χ2v) is 5.90. The van der Waals surface area contributed by atoms with Crippen molar-refractivity contribution >= 4 is 11.4 Å². The van der Waals surface area contributed by atoms with Gasteiger partial charge in [0.2, 0.25) is 0 Å². The van der Waals surface area contributed by atoms with Gasteiger partial charge in [0.25, 0.3) is 0 Å². The van der Waals surface area contributed by atoms with Crippen molar-refractivity contribution in [1.82, 2.24) is 0 Å². The van der Waals surface area contributed by atoms with Crippen LogP contribution in [0.25, 0.3) is 0 Å². The SMILES string of the molecule is CC(C)(C)Oc1ccc(Nc2ccc(CC#N)cc2)cc1. The summed E-state index contributed by atoms with van der Waals surface area (Å²) in [5, 5.41) is 12.0. The zero-order valence-electron chi connectivity index (χ0n) is 12.7. The predicted octanol–water partition coefficient (Wildman–Crippen LogP) is 4.67. The van der Waals surface area contributed by atoms with Gasteiger partial charge in [0.1, 0.15) is 11.4 Å². The molecule has 0 radical (unpaired) electrons. The molecule has 0 unspecified atom stereocenters. The molecule has 0 spiro atoms. The minimum atomic E-state index is -0.189. The van der Waals surface area contributed by atoms with E-state index in [2.05, 4.69) is 11.4 Å². The lowest BCUT2D eigenvalue weighted by atomic mass is 10.1. The van der Waals surface area contributed by atoms with Crippen molar-refractivity contribution in [1.29, 1.82) is 5.26 Å². The first kappa shape index (κ1) is 14.9. The summed E-state index contributed by atoms with van der Waals surface area (Å²) in [5.74, 6) is 0.859. The van der Waals surface area contributed by atoms with E-state index in [1.165, 1.54) is 0 Å². The Morgan fingerprint density at radius 1 is 0.952 bits per heavy atom. The fraction of sp³-hybridized carbons (Fsp3) is 0.278. The van der Waals surface area contributed by atoms with E-state index in [1.807, 2.05) is 69.3 Å². The van der Waals surface area contributed by atoms with Crippen LogP contribution in [0.1, 0.15) is 26.3 Å². The largest absolute Gasteiger partial charge is 0.488 e. The molecule has 2 rings (SSSR count). The van der Waals surface area contributed by atoms with Gasteiger partial charge in [-0.2, -0.15) is 5.26 Å². The highest BCUT2D eigenvalue weighted by atomic mass is 16.5. The van der Waals surface area contributed by atoms with Gasteiger partial charge in [-0.25, -0.2) is 0 Å². The van der Waals surface area contributed by atoms with Gasteiger partial charge in [0.05, 0.1) is 12.5 Å². The van der Waals surface area contributed by atoms with Crippen LogP contribution in [0.2, 0.25) is 0 Å². The summed E-state index contributed by atoms with van der Waals surface area (Å²) in [5.41, 5.74) is 2.84. The van der Waals surface area contributed by atoms with Crippen LogP contribution in [-0.2, 0) is 6.42 Å². The summed E-state index contributed by atoms with van der Waals surface area (Å²) in [4.78, 5) is 0. The Bertz CT molecular complexity index is 616. The topological polar surface area (TPSA) is 45.0 Å². The summed E-state index contributed by atoms with van der Waals surface area (Å²) in [6.07, 6.45) is 0.444. The average Bonchev–Trinajstić information content (AvgIpc) is 2.42. The highest BCUT2D eigenvalue weighted by Gasteiger charge is 2.11. The third kappa shape index (κ3) is 4.85. The Hall–Kier alpha value is -2.47. The predicted molar refractivity (Wildman–Crippen MR) is 85.9 cm³/mol. The zero-order chi connectivity index (χ0) is 15.3. The van der Waals surface area contributed by atoms with Gasteiger partial charge in [-0.05, 0) is 62.7 Å². The molecule has 1 N–H and O–H groups in total. The van der Waals surface area contributed by atoms with Gasteiger partial charge < -0.3 is 10.1 Å². The van der Waals surface area contributed by atoms with E-state index in [4.69, 9.17) is 10.00 Å². The second-order valence-electron chi connectivity index (χ2n) is 5.90. The molecule has 2 aromatic carbocycles. The van der Waals surface area contributed by atoms with Crippen molar-refractivity contribution in [3.63, 3.8) is 0 Å². The Labute approximate surface area is 126 Å². The molecule has 0 amide bonds. The van der Waals surface area contributed by atoms with Gasteiger partial charge in [0, 0.05) is 11.4 Å². The van der Waals surface area contributed by atoms with Crippen molar-refractivity contribution in [2.24, 2.45) is 0 Å². The Morgan fingerprint density at radius 3 is 1.95 bits per heavy atom. The number of nitrogens with one attached hydrogen (secondary N) is 1. The van der Waals surface area contributed by atoms with Gasteiger partial charge >= 0.3 is 0 Å². The first-order valence-electron chi connectivity index (χ1n) is 6.98. The van der Waals surface area contributed by atoms with E-state index in [9.17, 15) is 0 Å². The fourth-order valence-corrected chi connectivity index (χ4v) is 1.92. The molecule has 3 nitrogen and oxygen atoms in total. The van der Waals surface area contributed by atoms with Crippen molar-refractivity contribution < 1.29 is 4.74 Å². The second kappa shape index (κ2) is 6.32. The number of nitriles is 1. The third-order valence-corrected chi connectivity index (χ3v) is 2.80. The minimum Gasteiger partial charge on any atom is -0.488 e. The quantitative estimate of drug-likeness (QED) is 0.884. The maximum atomic E-state index is 8.65. The molecule has 0 atom stereocenters. The summed E-state index contributed by atoms with van der Waals surface area (Å²) < 4.78 is 5.79. The molecule has 21 heavy (non-hydrogen) atoms. The number of rotatable bonds is 4. The molecule has 0 fully saturated rings. The van der Waals surface area contributed by atoms with Crippen LogP contribution in [-0.4, -0.2) is 5.60 Å². The highest BCUT2D eigenvalue weighted by Crippen LogP contribution is 2.23. The number of anilines is 2. The Balaban J connectivity index is 2.01. The molecule has 0 heterocycles. The van der Waals surface area contributed by atoms with E-state index >= 15 is 0 Å². The van der Waals surface area contributed by atoms with E-state index < -0.39 is 0 Å². The minimum absolute atomic E-state index is 0.189. The summed E-state index contributed by atoms with van der Waals surface area (Å²) in [6.45, 7) is 6.09. The standard InChI is InChI=1S/C18H20N2O/c1-18(2,3)21-17-10-8-16(9-11-17)20-15-6-4-14(5-7-15)12-13-19/h4-11,20H,12H2,1-3H3. The van der Waals surface area contributed by atoms with Crippen LogP contribution in [0.4, 0.5) is 11.4 Å². The smallest absolute Gasteiger partial charge is 0.120 e. The number of benzene rings is 2. The van der Waals surface area contributed by atoms with Crippen LogP contribution >= 0.6 is 0 Å². The molecule has 108 valence electrons. The number of ether oxygens (including phenoxy) is 1. The van der Waals surface area contributed by atoms with Crippen LogP contribution in [0, 0.1) is 11.3 Å². The Morgan fingerprint density at radius 2 is 1.48 bits per heavy atom. The lowest BCUT2D eigenvalue weighted by Crippen LogP contribution is -2.22. The molecule has 0 aliphatic heterocycles. The molecule has 0 saturated heterocycles. The highest BCUT2D eigenvalue weighted by molar-refractivity contribution is 5.60. The lowest BCUT2D eigenvalue weighted by Gasteiger charge is -2.21. The van der Waals surface area contributed by atoms with Crippen LogP contribution in [0.5, 0.6) is 5.75 Å². The fourth-order valence-electron chi connectivity index (χ4n) is 1.92. The normalized spacial score (nSPS) is 10.8. The number of hydrogen-bond donors (Lipinski definition) is 1. The maximum absolute atomic E-state index is 8.65. The van der Waals surface area contributed by atoms with Gasteiger partial charge in [-0.15, -0.1) is 0 Å². The van der Waals surface area contributed by atoms with Crippen molar-refractivity contribution in [3.8, 4) is 11.8 Å². The van der Waals surface area contributed by atoms with E-state index in [1.54, 1.807) is 0 Å². The van der Waals surface area contributed by atoms with Crippen molar-refractivity contribution in [2.45, 2.75) is 32.8 Å². The summed E-state index contributed by atoms with van der Waals surface area (Å²) >= 11 is 0. The molecule has 0 bridgehead atoms. The van der Waals surface area contributed by atoms with E-state index in [0.29, 0.717) is 6.42 Å². The monoisotopic (exact) mass is 280 g/mol. The molecular weight excluding hydrogens is 260 g/mol. The molecule has 0 saturated carbocycles. The van der Waals surface area contributed by atoms with Crippen LogP contribution in [0.15, 0.2) is 48.5 Å². The average molecular weight is 280 g/mol. The van der Waals surface area contributed by atoms with Gasteiger partial charge in [0.15, 0.2) is 0 Å². The van der Waals surface area contributed by atoms with Gasteiger partial charge in [-0.1, -0.05) is 12.1 Å². The molecule has 3 heteroatoms. The van der Waals surface area contributed by atoms with Gasteiger partial charge in [-0.3, -0.25) is 0 Å². The number of nitrogens with zero attached hydrogens (tertiary/aromatic N) is 1. The van der Waals surface area contributed by atoms with E-state index in [-0.39, 0.29) is 5.60 Å². The molecule has 0 aromatic heterocycles. The zero-order valence-corrected chi connectivity index (χ0v) is 12.7. The molecule has 0 aliphatic rings. The molecule has 0 aliphatic carbocycles. The van der Waals surface area contributed by atoms with Crippen molar-refractivity contribution in [2.75, 3.05) is 5.32 Å². The van der Waals surface area contributed by atoms with Crippen LogP contribution in [0.3, 0.4) is 0 Å². The maximum Gasteiger partial charge on any atom is 0.120 e. The summed E-state index contributed by atoms with van der Waals surface area (Å²) in [7, 11) is 0. The summed E-state index contributed by atoms with van der Waals surface area (Å²) in [6, 6.07) is 17.9. The molecular formula is C18H20N2O. The molecule has 2 aromatic rings. The van der Waals surface area contributed by atoms with Crippen LogP contribution < -0.4 is 10.1 Å². The van der Waals surface area contributed by atoms with E-state index in [0.717, 1.165) is 22.7 Å². The first-order valence-corrected chi connectivity index (χ1v) is 6.98. The number of hydrogen-bond acceptors (Lipinski definition) is 3.